The lowest BCUT2D eigenvalue weighted by Gasteiger charge is -2.11. The van der Waals surface area contributed by atoms with Crippen LogP contribution in [0, 0.1) is 0 Å². The fourth-order valence-electron chi connectivity index (χ4n) is 1.44. The second kappa shape index (κ2) is 5.46. The molecule has 0 aliphatic carbocycles. The fraction of sp³-hybridized carbons (Fsp3) is 0.0833. The van der Waals surface area contributed by atoms with Gasteiger partial charge in [-0.15, -0.1) is 13.2 Å². The third-order valence-corrected chi connectivity index (χ3v) is 2.44. The number of ether oxygens (including phenoxy) is 1. The molecule has 4 nitrogen and oxygen atoms in total. The van der Waals surface area contributed by atoms with Crippen LogP contribution in [-0.2, 0) is 0 Å². The summed E-state index contributed by atoms with van der Waals surface area (Å²) >= 11 is 5.71. The molecule has 2 rings (SSSR count). The van der Waals surface area contributed by atoms with E-state index < -0.39 is 6.36 Å². The normalized spacial score (nSPS) is 11.2. The van der Waals surface area contributed by atoms with Crippen LogP contribution in [0.25, 0.3) is 0 Å². The van der Waals surface area contributed by atoms with E-state index in [1.807, 2.05) is 0 Å². The number of anilines is 3. The minimum absolute atomic E-state index is 0.305. The first-order valence-corrected chi connectivity index (χ1v) is 5.75. The lowest BCUT2D eigenvalue weighted by Crippen LogP contribution is -2.16. The molecule has 1 heterocycles. The molecule has 0 unspecified atom stereocenters. The van der Waals surface area contributed by atoms with E-state index in [-0.39, 0.29) is 5.75 Å². The van der Waals surface area contributed by atoms with E-state index in [1.54, 1.807) is 0 Å². The van der Waals surface area contributed by atoms with Gasteiger partial charge in [-0.1, -0.05) is 11.6 Å². The molecule has 0 atom stereocenters. The molecular formula is C12H9ClF3N3O. The first kappa shape index (κ1) is 14.3. The van der Waals surface area contributed by atoms with Gasteiger partial charge in [-0.25, -0.2) is 4.98 Å². The average molecular weight is 304 g/mol. The van der Waals surface area contributed by atoms with Crippen molar-refractivity contribution in [2.45, 2.75) is 6.36 Å². The summed E-state index contributed by atoms with van der Waals surface area (Å²) in [6.07, 6.45) is -3.31. The van der Waals surface area contributed by atoms with Crippen molar-refractivity contribution < 1.29 is 17.9 Å². The molecule has 0 amide bonds. The van der Waals surface area contributed by atoms with Gasteiger partial charge >= 0.3 is 6.36 Å². The van der Waals surface area contributed by atoms with Crippen LogP contribution in [0.4, 0.5) is 30.4 Å². The quantitative estimate of drug-likeness (QED) is 0.901. The Balaban J connectivity index is 2.11. The molecule has 1 aromatic heterocycles. The SMILES string of the molecule is Nc1cc(Cl)cnc1Nc1ccc(OC(F)(F)F)cc1. The molecule has 0 bridgehead atoms. The molecule has 0 fully saturated rings. The van der Waals surface area contributed by atoms with E-state index in [4.69, 9.17) is 17.3 Å². The number of nitrogens with one attached hydrogen (secondary N) is 1. The van der Waals surface area contributed by atoms with Crippen LogP contribution in [0.15, 0.2) is 36.5 Å². The van der Waals surface area contributed by atoms with Crippen LogP contribution in [-0.4, -0.2) is 11.3 Å². The number of nitrogens with zero attached hydrogens (tertiary/aromatic N) is 1. The maximum Gasteiger partial charge on any atom is 0.573 e. The van der Waals surface area contributed by atoms with Gasteiger partial charge < -0.3 is 15.8 Å². The van der Waals surface area contributed by atoms with E-state index in [9.17, 15) is 13.2 Å². The van der Waals surface area contributed by atoms with Gasteiger partial charge in [0.2, 0.25) is 0 Å². The number of benzene rings is 1. The molecule has 3 N–H and O–H groups in total. The highest BCUT2D eigenvalue weighted by molar-refractivity contribution is 6.30. The van der Waals surface area contributed by atoms with E-state index >= 15 is 0 Å². The Bertz CT molecular complexity index is 602. The van der Waals surface area contributed by atoms with Gasteiger partial charge in [0.25, 0.3) is 0 Å². The summed E-state index contributed by atoms with van der Waals surface area (Å²) in [6, 6.07) is 6.70. The van der Waals surface area contributed by atoms with Crippen LogP contribution in [0.2, 0.25) is 5.02 Å². The van der Waals surface area contributed by atoms with Crippen LogP contribution >= 0.6 is 11.6 Å². The van der Waals surface area contributed by atoms with Gasteiger partial charge in [0.15, 0.2) is 5.82 Å². The van der Waals surface area contributed by atoms with Gasteiger partial charge in [-0.3, -0.25) is 0 Å². The Hall–Kier alpha value is -2.15. The highest BCUT2D eigenvalue weighted by Gasteiger charge is 2.30. The highest BCUT2D eigenvalue weighted by Crippen LogP contribution is 2.27. The average Bonchev–Trinajstić information content (AvgIpc) is 2.33. The third kappa shape index (κ3) is 3.92. The second-order valence-electron chi connectivity index (χ2n) is 3.79. The standard InChI is InChI=1S/C12H9ClF3N3O/c13-7-5-10(17)11(18-6-7)19-8-1-3-9(4-2-8)20-12(14,15)16/h1-6H,17H2,(H,18,19). The van der Waals surface area contributed by atoms with E-state index in [2.05, 4.69) is 15.0 Å². The number of alkyl halides is 3. The lowest BCUT2D eigenvalue weighted by molar-refractivity contribution is -0.274. The topological polar surface area (TPSA) is 60.2 Å². The molecule has 0 spiro atoms. The number of hydrogen-bond acceptors (Lipinski definition) is 4. The van der Waals surface area contributed by atoms with E-state index in [0.717, 1.165) is 0 Å². The summed E-state index contributed by atoms with van der Waals surface area (Å²) in [6.45, 7) is 0. The molecule has 0 saturated carbocycles. The number of halogens is 4. The predicted octanol–water partition coefficient (Wildman–Crippen LogP) is 3.96. The molecular weight excluding hydrogens is 295 g/mol. The number of nitrogen functional groups attached to an aromatic ring is 1. The monoisotopic (exact) mass is 303 g/mol. The molecule has 8 heteroatoms. The number of rotatable bonds is 3. The molecule has 1 aromatic carbocycles. The summed E-state index contributed by atoms with van der Waals surface area (Å²) in [4.78, 5) is 3.98. The Morgan fingerprint density at radius 1 is 1.20 bits per heavy atom. The molecule has 0 aliphatic rings. The van der Waals surface area contributed by atoms with Crippen molar-refractivity contribution in [1.29, 1.82) is 0 Å². The van der Waals surface area contributed by atoms with E-state index in [1.165, 1.54) is 36.5 Å². The molecule has 0 aliphatic heterocycles. The smallest absolute Gasteiger partial charge is 0.406 e. The summed E-state index contributed by atoms with van der Waals surface area (Å²) in [5.41, 5.74) is 6.54. The van der Waals surface area contributed by atoms with Crippen LogP contribution in [0.5, 0.6) is 5.75 Å². The maximum atomic E-state index is 12.0. The number of pyridine rings is 1. The molecule has 20 heavy (non-hydrogen) atoms. The zero-order chi connectivity index (χ0) is 14.8. The minimum Gasteiger partial charge on any atom is -0.406 e. The first-order chi connectivity index (χ1) is 9.33. The maximum absolute atomic E-state index is 12.0. The molecule has 0 radical (unpaired) electrons. The Morgan fingerprint density at radius 3 is 2.40 bits per heavy atom. The molecule has 0 saturated heterocycles. The number of nitrogens with two attached hydrogens (primary N) is 1. The van der Waals surface area contributed by atoms with Crippen molar-refractivity contribution in [2.75, 3.05) is 11.1 Å². The van der Waals surface area contributed by atoms with Crippen molar-refractivity contribution in [1.82, 2.24) is 4.98 Å². The van der Waals surface area contributed by atoms with Gasteiger partial charge in [-0.05, 0) is 30.3 Å². The minimum atomic E-state index is -4.71. The Morgan fingerprint density at radius 2 is 1.85 bits per heavy atom. The first-order valence-electron chi connectivity index (χ1n) is 5.37. The van der Waals surface area contributed by atoms with Crippen molar-refractivity contribution in [3.05, 3.63) is 41.6 Å². The number of hydrogen-bond donors (Lipinski definition) is 2. The zero-order valence-corrected chi connectivity index (χ0v) is 10.7. The van der Waals surface area contributed by atoms with Gasteiger partial charge in [0.05, 0.1) is 10.7 Å². The fourth-order valence-corrected chi connectivity index (χ4v) is 1.60. The summed E-state index contributed by atoms with van der Waals surface area (Å²) in [7, 11) is 0. The predicted molar refractivity (Wildman–Crippen MR) is 70.1 cm³/mol. The summed E-state index contributed by atoms with van der Waals surface area (Å²) < 4.78 is 39.8. The highest BCUT2D eigenvalue weighted by atomic mass is 35.5. The second-order valence-corrected chi connectivity index (χ2v) is 4.22. The Kier molecular flexibility index (Phi) is 3.89. The van der Waals surface area contributed by atoms with Crippen molar-refractivity contribution in [2.24, 2.45) is 0 Å². The third-order valence-electron chi connectivity index (χ3n) is 2.23. The van der Waals surface area contributed by atoms with Crippen LogP contribution in [0.1, 0.15) is 0 Å². The van der Waals surface area contributed by atoms with Crippen LogP contribution < -0.4 is 15.8 Å². The van der Waals surface area contributed by atoms with Crippen molar-refractivity contribution >= 4 is 28.8 Å². The molecule has 106 valence electrons. The van der Waals surface area contributed by atoms with Crippen molar-refractivity contribution in [3.63, 3.8) is 0 Å². The van der Waals surface area contributed by atoms with Crippen LogP contribution in [0.3, 0.4) is 0 Å². The van der Waals surface area contributed by atoms with Gasteiger partial charge in [0, 0.05) is 11.9 Å². The van der Waals surface area contributed by atoms with Crippen molar-refractivity contribution in [3.8, 4) is 5.75 Å². The number of aromatic nitrogens is 1. The van der Waals surface area contributed by atoms with Gasteiger partial charge in [0.1, 0.15) is 5.75 Å². The summed E-state index contributed by atoms with van der Waals surface area (Å²) in [5, 5.41) is 3.25. The Labute approximate surface area is 117 Å². The van der Waals surface area contributed by atoms with E-state index in [0.29, 0.717) is 22.2 Å². The zero-order valence-electron chi connectivity index (χ0n) is 9.91. The largest absolute Gasteiger partial charge is 0.573 e. The summed E-state index contributed by atoms with van der Waals surface area (Å²) in [5.74, 6) is 0.0546. The van der Waals surface area contributed by atoms with Gasteiger partial charge in [-0.2, -0.15) is 0 Å². The molecule has 2 aromatic rings. The lowest BCUT2D eigenvalue weighted by atomic mass is 10.3.